The number of sulfonamides is 1. The van der Waals surface area contributed by atoms with Crippen LogP contribution in [0.2, 0.25) is 0 Å². The second-order valence-electron chi connectivity index (χ2n) is 8.57. The van der Waals surface area contributed by atoms with Gasteiger partial charge >= 0.3 is 0 Å². The number of carbonyl (C=O) groups excluding carboxylic acids is 1. The van der Waals surface area contributed by atoms with Crippen molar-refractivity contribution < 1.29 is 13.2 Å². The standard InChI is InChI=1S/C21H33N3O3S/c1-17-13-18(2)16-24(15-17)28(26,27)20-8-6-7-19(14-20)21(25)22(3)11-12-23-9-4-5-10-23/h6-8,14,17-18H,4-5,9-13,15-16H2,1-3H3. The van der Waals surface area contributed by atoms with Gasteiger partial charge in [0.1, 0.15) is 0 Å². The van der Waals surface area contributed by atoms with Crippen molar-refractivity contribution in [3.8, 4) is 0 Å². The molecule has 0 radical (unpaired) electrons. The summed E-state index contributed by atoms with van der Waals surface area (Å²) in [5, 5.41) is 0. The van der Waals surface area contributed by atoms with Crippen LogP contribution in [0.1, 0.15) is 43.5 Å². The van der Waals surface area contributed by atoms with Crippen LogP contribution >= 0.6 is 0 Å². The van der Waals surface area contributed by atoms with Crippen molar-refractivity contribution in [2.45, 2.75) is 38.0 Å². The molecule has 156 valence electrons. The fraction of sp³-hybridized carbons (Fsp3) is 0.667. The molecule has 1 aromatic rings. The van der Waals surface area contributed by atoms with Gasteiger partial charge in [0, 0.05) is 38.8 Å². The Balaban J connectivity index is 1.70. The Bertz CT molecular complexity index is 780. The zero-order chi connectivity index (χ0) is 20.3. The fourth-order valence-electron chi connectivity index (χ4n) is 4.36. The maximum absolute atomic E-state index is 13.1. The predicted octanol–water partition coefficient (Wildman–Crippen LogP) is 2.52. The third-order valence-corrected chi connectivity index (χ3v) is 7.68. The number of hydrogen-bond acceptors (Lipinski definition) is 4. The van der Waals surface area contributed by atoms with Gasteiger partial charge in [-0.2, -0.15) is 4.31 Å². The summed E-state index contributed by atoms with van der Waals surface area (Å²) in [6.07, 6.45) is 3.50. The van der Waals surface area contributed by atoms with Crippen molar-refractivity contribution in [2.75, 3.05) is 46.3 Å². The summed E-state index contributed by atoms with van der Waals surface area (Å²) in [7, 11) is -1.80. The van der Waals surface area contributed by atoms with Crippen LogP contribution in [-0.2, 0) is 10.0 Å². The highest BCUT2D eigenvalue weighted by Crippen LogP contribution is 2.27. The number of benzene rings is 1. The molecule has 2 aliphatic heterocycles. The maximum atomic E-state index is 13.1. The number of hydrogen-bond donors (Lipinski definition) is 0. The van der Waals surface area contributed by atoms with Crippen LogP contribution in [0.15, 0.2) is 29.2 Å². The second-order valence-corrected chi connectivity index (χ2v) is 10.5. The molecule has 1 aromatic carbocycles. The predicted molar refractivity (Wildman–Crippen MR) is 111 cm³/mol. The van der Waals surface area contributed by atoms with Crippen molar-refractivity contribution in [1.29, 1.82) is 0 Å². The fourth-order valence-corrected chi connectivity index (χ4v) is 6.09. The van der Waals surface area contributed by atoms with E-state index in [1.54, 1.807) is 34.5 Å². The van der Waals surface area contributed by atoms with E-state index >= 15 is 0 Å². The van der Waals surface area contributed by atoms with Crippen LogP contribution in [0.5, 0.6) is 0 Å². The third kappa shape index (κ3) is 4.93. The highest BCUT2D eigenvalue weighted by Gasteiger charge is 2.32. The molecule has 0 spiro atoms. The van der Waals surface area contributed by atoms with Gasteiger partial charge in [0.2, 0.25) is 10.0 Å². The summed E-state index contributed by atoms with van der Waals surface area (Å²) in [6.45, 7) is 8.98. The van der Waals surface area contributed by atoms with E-state index < -0.39 is 10.0 Å². The van der Waals surface area contributed by atoms with Crippen molar-refractivity contribution >= 4 is 15.9 Å². The van der Waals surface area contributed by atoms with Gasteiger partial charge in [-0.25, -0.2) is 8.42 Å². The first-order valence-corrected chi connectivity index (χ1v) is 11.8. The van der Waals surface area contributed by atoms with E-state index in [4.69, 9.17) is 0 Å². The molecule has 3 rings (SSSR count). The average Bonchev–Trinajstić information content (AvgIpc) is 3.18. The van der Waals surface area contributed by atoms with Crippen LogP contribution in [0.3, 0.4) is 0 Å². The molecular weight excluding hydrogens is 374 g/mol. The molecule has 2 saturated heterocycles. The molecule has 0 bridgehead atoms. The topological polar surface area (TPSA) is 60.9 Å². The Labute approximate surface area is 169 Å². The molecule has 2 heterocycles. The molecule has 2 fully saturated rings. The minimum Gasteiger partial charge on any atom is -0.340 e. The van der Waals surface area contributed by atoms with Gasteiger partial charge in [-0.15, -0.1) is 0 Å². The van der Waals surface area contributed by atoms with Crippen molar-refractivity contribution in [2.24, 2.45) is 11.8 Å². The number of carbonyl (C=O) groups is 1. The van der Waals surface area contributed by atoms with Gasteiger partial charge in [0.25, 0.3) is 5.91 Å². The van der Waals surface area contributed by atoms with Gasteiger partial charge in [0.05, 0.1) is 4.90 Å². The first-order chi connectivity index (χ1) is 13.3. The largest absolute Gasteiger partial charge is 0.340 e. The molecular formula is C21H33N3O3S. The molecule has 0 N–H and O–H groups in total. The van der Waals surface area contributed by atoms with Crippen molar-refractivity contribution in [1.82, 2.24) is 14.1 Å². The van der Waals surface area contributed by atoms with Crippen LogP contribution in [-0.4, -0.2) is 74.7 Å². The summed E-state index contributed by atoms with van der Waals surface area (Å²) in [5.41, 5.74) is 0.433. The second kappa shape index (κ2) is 8.93. The lowest BCUT2D eigenvalue weighted by atomic mass is 9.94. The summed E-state index contributed by atoms with van der Waals surface area (Å²) >= 11 is 0. The Morgan fingerprint density at radius 1 is 1.14 bits per heavy atom. The lowest BCUT2D eigenvalue weighted by Crippen LogP contribution is -2.42. The minimum absolute atomic E-state index is 0.128. The van der Waals surface area contributed by atoms with Gasteiger partial charge < -0.3 is 9.80 Å². The summed E-state index contributed by atoms with van der Waals surface area (Å²) in [5.74, 6) is 0.566. The van der Waals surface area contributed by atoms with E-state index in [0.29, 0.717) is 37.0 Å². The van der Waals surface area contributed by atoms with Gasteiger partial charge in [0.15, 0.2) is 0 Å². The highest BCUT2D eigenvalue weighted by atomic mass is 32.2. The molecule has 0 aliphatic carbocycles. The maximum Gasteiger partial charge on any atom is 0.253 e. The average molecular weight is 408 g/mol. The molecule has 1 amide bonds. The molecule has 2 atom stereocenters. The molecule has 7 heteroatoms. The molecule has 28 heavy (non-hydrogen) atoms. The molecule has 0 saturated carbocycles. The number of nitrogens with zero attached hydrogens (tertiary/aromatic N) is 3. The number of likely N-dealkylation sites (tertiary alicyclic amines) is 1. The number of amides is 1. The summed E-state index contributed by atoms with van der Waals surface area (Å²) in [4.78, 5) is 17.1. The Morgan fingerprint density at radius 2 is 1.79 bits per heavy atom. The normalized spacial score (nSPS) is 24.4. The number of rotatable bonds is 6. The highest BCUT2D eigenvalue weighted by molar-refractivity contribution is 7.89. The quantitative estimate of drug-likeness (QED) is 0.727. The molecule has 6 nitrogen and oxygen atoms in total. The zero-order valence-electron chi connectivity index (χ0n) is 17.3. The molecule has 0 aromatic heterocycles. The van der Waals surface area contributed by atoms with Crippen LogP contribution in [0.4, 0.5) is 0 Å². The first-order valence-electron chi connectivity index (χ1n) is 10.4. The summed E-state index contributed by atoms with van der Waals surface area (Å²) < 4.78 is 27.8. The van der Waals surface area contributed by atoms with E-state index in [1.165, 1.54) is 18.9 Å². The van der Waals surface area contributed by atoms with Crippen molar-refractivity contribution in [3.05, 3.63) is 29.8 Å². The smallest absolute Gasteiger partial charge is 0.253 e. The first kappa shape index (κ1) is 21.3. The Morgan fingerprint density at radius 3 is 2.43 bits per heavy atom. The Kier molecular flexibility index (Phi) is 6.78. The monoisotopic (exact) mass is 407 g/mol. The lowest BCUT2D eigenvalue weighted by molar-refractivity contribution is 0.0782. The van der Waals surface area contributed by atoms with Crippen LogP contribution in [0, 0.1) is 11.8 Å². The van der Waals surface area contributed by atoms with E-state index in [9.17, 15) is 13.2 Å². The lowest BCUT2D eigenvalue weighted by Gasteiger charge is -2.34. The van der Waals surface area contributed by atoms with Gasteiger partial charge in [-0.1, -0.05) is 19.9 Å². The third-order valence-electron chi connectivity index (χ3n) is 5.85. The Hall–Kier alpha value is -1.44. The summed E-state index contributed by atoms with van der Waals surface area (Å²) in [6, 6.07) is 6.51. The molecule has 2 unspecified atom stereocenters. The van der Waals surface area contributed by atoms with Crippen molar-refractivity contribution in [3.63, 3.8) is 0 Å². The SMILES string of the molecule is CC1CC(C)CN(S(=O)(=O)c2cccc(C(=O)N(C)CCN3CCCC3)c2)C1. The van der Waals surface area contributed by atoms with Crippen LogP contribution < -0.4 is 0 Å². The molecule has 2 aliphatic rings. The van der Waals surface area contributed by atoms with E-state index in [1.807, 2.05) is 0 Å². The number of likely N-dealkylation sites (N-methyl/N-ethyl adjacent to an activating group) is 1. The zero-order valence-corrected chi connectivity index (χ0v) is 18.1. The number of piperidine rings is 1. The van der Waals surface area contributed by atoms with E-state index in [0.717, 1.165) is 26.1 Å². The van der Waals surface area contributed by atoms with Crippen LogP contribution in [0.25, 0.3) is 0 Å². The van der Waals surface area contributed by atoms with E-state index in [2.05, 4.69) is 18.7 Å². The van der Waals surface area contributed by atoms with Gasteiger partial charge in [-0.05, 0) is 62.4 Å². The van der Waals surface area contributed by atoms with E-state index in [-0.39, 0.29) is 10.8 Å². The van der Waals surface area contributed by atoms with Gasteiger partial charge in [-0.3, -0.25) is 4.79 Å². The minimum atomic E-state index is -3.58.